The number of aromatic nitrogens is 2. The van der Waals surface area contributed by atoms with Crippen LogP contribution in [-0.2, 0) is 11.2 Å². The zero-order valence-electron chi connectivity index (χ0n) is 12.7. The number of hydrogen-bond donors (Lipinski definition) is 3. The normalized spacial score (nSPS) is 24.1. The molecule has 2 unspecified atom stereocenters. The maximum absolute atomic E-state index is 5.54. The predicted octanol–water partition coefficient (Wildman–Crippen LogP) is 1.94. The molecule has 1 aromatic rings. The molecule has 0 saturated heterocycles. The molecule has 0 bridgehead atoms. The molecule has 0 aromatic carbocycles. The fourth-order valence-corrected chi connectivity index (χ4v) is 2.84. The van der Waals surface area contributed by atoms with Gasteiger partial charge in [0.05, 0.1) is 6.10 Å². The van der Waals surface area contributed by atoms with Crippen molar-refractivity contribution in [1.29, 1.82) is 0 Å². The van der Waals surface area contributed by atoms with Crippen LogP contribution in [0.5, 0.6) is 0 Å². The van der Waals surface area contributed by atoms with Gasteiger partial charge in [0.15, 0.2) is 0 Å². The molecule has 4 N–H and O–H groups in total. The fraction of sp³-hybridized carbons (Fsp3) is 0.714. The highest BCUT2D eigenvalue weighted by Gasteiger charge is 2.48. The molecule has 0 amide bonds. The second-order valence-electron chi connectivity index (χ2n) is 5.92. The van der Waals surface area contributed by atoms with Gasteiger partial charge in [-0.15, -0.1) is 0 Å². The lowest BCUT2D eigenvalue weighted by Crippen LogP contribution is -2.57. The summed E-state index contributed by atoms with van der Waals surface area (Å²) in [6.45, 7) is 6.56. The van der Waals surface area contributed by atoms with E-state index in [4.69, 9.17) is 10.6 Å². The maximum Gasteiger partial charge on any atom is 0.148 e. The first-order valence-corrected chi connectivity index (χ1v) is 7.14. The van der Waals surface area contributed by atoms with Gasteiger partial charge >= 0.3 is 0 Å². The molecule has 1 aromatic heterocycles. The van der Waals surface area contributed by atoms with E-state index < -0.39 is 0 Å². The minimum Gasteiger partial charge on any atom is -0.381 e. The molecule has 6 heteroatoms. The van der Waals surface area contributed by atoms with Crippen LogP contribution in [0.15, 0.2) is 6.33 Å². The smallest absolute Gasteiger partial charge is 0.148 e. The molecule has 1 saturated carbocycles. The van der Waals surface area contributed by atoms with Crippen molar-refractivity contribution in [2.24, 2.45) is 11.3 Å². The fourth-order valence-electron chi connectivity index (χ4n) is 2.84. The Bertz CT molecular complexity index is 463. The molecule has 1 aliphatic rings. The van der Waals surface area contributed by atoms with E-state index in [1.165, 1.54) is 6.33 Å². The van der Waals surface area contributed by atoms with Crippen LogP contribution in [0.1, 0.15) is 39.2 Å². The average Bonchev–Trinajstić information content (AvgIpc) is 2.44. The van der Waals surface area contributed by atoms with Crippen molar-refractivity contribution in [3.8, 4) is 0 Å². The highest BCUT2D eigenvalue weighted by Crippen LogP contribution is 2.44. The van der Waals surface area contributed by atoms with E-state index in [1.807, 2.05) is 0 Å². The van der Waals surface area contributed by atoms with Crippen LogP contribution >= 0.6 is 0 Å². The van der Waals surface area contributed by atoms with Crippen molar-refractivity contribution in [2.75, 3.05) is 17.9 Å². The van der Waals surface area contributed by atoms with E-state index >= 15 is 0 Å². The first-order valence-electron chi connectivity index (χ1n) is 7.14. The number of ether oxygens (including phenoxy) is 1. The van der Waals surface area contributed by atoms with E-state index in [9.17, 15) is 0 Å². The average molecular weight is 279 g/mol. The standard InChI is InChI=1S/C14H25N5O/c1-5-6-9-12(16-8-17-13(9)19-15)18-10-7-11(20-4)14(10,2)3/h8,10-11H,5-7,15H2,1-4H3,(H2,16,17,18,19). The molecule has 0 radical (unpaired) electrons. The lowest BCUT2D eigenvalue weighted by molar-refractivity contribution is -0.0795. The number of nitrogens with zero attached hydrogens (tertiary/aromatic N) is 2. The van der Waals surface area contributed by atoms with Crippen molar-refractivity contribution in [2.45, 2.75) is 52.2 Å². The van der Waals surface area contributed by atoms with Gasteiger partial charge in [0, 0.05) is 24.1 Å². The Hall–Kier alpha value is -1.40. The highest BCUT2D eigenvalue weighted by molar-refractivity contribution is 5.57. The van der Waals surface area contributed by atoms with Crippen LogP contribution in [0.25, 0.3) is 0 Å². The minimum absolute atomic E-state index is 0.0967. The molecule has 112 valence electrons. The first kappa shape index (κ1) is 15.0. The molecular weight excluding hydrogens is 254 g/mol. The van der Waals surface area contributed by atoms with E-state index in [2.05, 4.69) is 41.5 Å². The van der Waals surface area contributed by atoms with Crippen LogP contribution in [-0.4, -0.2) is 29.2 Å². The number of anilines is 2. The van der Waals surface area contributed by atoms with Gasteiger partial charge in [-0.2, -0.15) is 0 Å². The molecule has 2 rings (SSSR count). The summed E-state index contributed by atoms with van der Waals surface area (Å²) in [5.41, 5.74) is 3.80. The molecule has 0 spiro atoms. The van der Waals surface area contributed by atoms with Crippen molar-refractivity contribution in [3.63, 3.8) is 0 Å². The first-order chi connectivity index (χ1) is 9.54. The number of methoxy groups -OCH3 is 1. The van der Waals surface area contributed by atoms with Crippen molar-refractivity contribution >= 4 is 11.6 Å². The lowest BCUT2D eigenvalue weighted by atomic mass is 9.64. The summed E-state index contributed by atoms with van der Waals surface area (Å²) in [5, 5.41) is 3.53. The van der Waals surface area contributed by atoms with Gasteiger partial charge in [-0.1, -0.05) is 27.2 Å². The topological polar surface area (TPSA) is 85.1 Å². The summed E-state index contributed by atoms with van der Waals surface area (Å²) in [6, 6.07) is 0.351. The van der Waals surface area contributed by atoms with Gasteiger partial charge in [0.25, 0.3) is 0 Å². The van der Waals surface area contributed by atoms with Crippen LogP contribution in [0, 0.1) is 5.41 Å². The summed E-state index contributed by atoms with van der Waals surface area (Å²) in [4.78, 5) is 8.57. The van der Waals surface area contributed by atoms with Gasteiger partial charge in [0.1, 0.15) is 18.0 Å². The van der Waals surface area contributed by atoms with Crippen molar-refractivity contribution in [1.82, 2.24) is 9.97 Å². The molecule has 20 heavy (non-hydrogen) atoms. The SMILES string of the molecule is CCCc1c(NN)ncnc1NC1CC(OC)C1(C)C. The molecule has 6 nitrogen and oxygen atoms in total. The minimum atomic E-state index is 0.0967. The van der Waals surface area contributed by atoms with E-state index in [0.717, 1.165) is 30.6 Å². The zero-order valence-corrected chi connectivity index (χ0v) is 12.7. The summed E-state index contributed by atoms with van der Waals surface area (Å²) in [7, 11) is 1.77. The summed E-state index contributed by atoms with van der Waals surface area (Å²) >= 11 is 0. The molecule has 1 fully saturated rings. The molecule has 1 heterocycles. The van der Waals surface area contributed by atoms with Gasteiger partial charge in [-0.3, -0.25) is 0 Å². The summed E-state index contributed by atoms with van der Waals surface area (Å²) < 4.78 is 5.49. The number of hydrazine groups is 1. The number of nitrogens with one attached hydrogen (secondary N) is 2. The monoisotopic (exact) mass is 279 g/mol. The van der Waals surface area contributed by atoms with Crippen LogP contribution in [0.2, 0.25) is 0 Å². The van der Waals surface area contributed by atoms with Crippen molar-refractivity contribution < 1.29 is 4.74 Å². The van der Waals surface area contributed by atoms with Gasteiger partial charge in [-0.05, 0) is 12.8 Å². The predicted molar refractivity (Wildman–Crippen MR) is 80.4 cm³/mol. The van der Waals surface area contributed by atoms with Gasteiger partial charge in [-0.25, -0.2) is 15.8 Å². The Morgan fingerprint density at radius 1 is 1.40 bits per heavy atom. The Morgan fingerprint density at radius 2 is 2.10 bits per heavy atom. The Balaban J connectivity index is 2.18. The Morgan fingerprint density at radius 3 is 2.65 bits per heavy atom. The third kappa shape index (κ3) is 2.58. The lowest BCUT2D eigenvalue weighted by Gasteiger charge is -2.51. The van der Waals surface area contributed by atoms with E-state index in [1.54, 1.807) is 7.11 Å². The van der Waals surface area contributed by atoms with Crippen LogP contribution in [0.4, 0.5) is 11.6 Å². The summed E-state index contributed by atoms with van der Waals surface area (Å²) in [6.07, 6.45) is 4.74. The van der Waals surface area contributed by atoms with Gasteiger partial charge in [0.2, 0.25) is 0 Å². The largest absolute Gasteiger partial charge is 0.381 e. The molecule has 2 atom stereocenters. The Kier molecular flexibility index (Phi) is 4.45. The second-order valence-corrected chi connectivity index (χ2v) is 5.92. The summed E-state index contributed by atoms with van der Waals surface area (Å²) in [5.74, 6) is 7.11. The highest BCUT2D eigenvalue weighted by atomic mass is 16.5. The molecular formula is C14H25N5O. The van der Waals surface area contributed by atoms with Crippen molar-refractivity contribution in [3.05, 3.63) is 11.9 Å². The number of hydrogen-bond acceptors (Lipinski definition) is 6. The number of rotatable bonds is 6. The van der Waals surface area contributed by atoms with Crippen LogP contribution < -0.4 is 16.6 Å². The second kappa shape index (κ2) is 5.93. The third-order valence-corrected chi connectivity index (χ3v) is 4.36. The number of nitrogen functional groups attached to an aromatic ring is 1. The maximum atomic E-state index is 5.54. The third-order valence-electron chi connectivity index (χ3n) is 4.36. The molecule has 0 aliphatic heterocycles. The van der Waals surface area contributed by atoms with E-state index in [-0.39, 0.29) is 5.41 Å². The number of nitrogens with two attached hydrogens (primary N) is 1. The quantitative estimate of drug-likeness (QED) is 0.545. The molecule has 1 aliphatic carbocycles. The Labute approximate surface area is 120 Å². The van der Waals surface area contributed by atoms with Crippen LogP contribution in [0.3, 0.4) is 0 Å². The van der Waals surface area contributed by atoms with Gasteiger partial charge < -0.3 is 15.5 Å². The van der Waals surface area contributed by atoms with E-state index in [0.29, 0.717) is 18.0 Å². The zero-order chi connectivity index (χ0) is 14.8.